The van der Waals surface area contributed by atoms with Gasteiger partial charge >= 0.3 is 5.97 Å². The number of aldehydes is 1. The molecule has 0 saturated heterocycles. The molecule has 0 saturated carbocycles. The molecule has 0 aliphatic heterocycles. The largest absolute Gasteiger partial charge is 0.423 e. The van der Waals surface area contributed by atoms with Crippen LogP contribution in [0.25, 0.3) is 0 Å². The van der Waals surface area contributed by atoms with Gasteiger partial charge in [0, 0.05) is 9.13 Å². The average molecular weight is 352 g/mol. The van der Waals surface area contributed by atoms with E-state index in [-0.39, 0.29) is 0 Å². The Balaban J connectivity index is 2.13. The zero-order valence-electron chi connectivity index (χ0n) is 9.30. The maximum atomic E-state index is 11.8. The lowest BCUT2D eigenvalue weighted by Crippen LogP contribution is -2.08. The summed E-state index contributed by atoms with van der Waals surface area (Å²) < 4.78 is 6.17. The van der Waals surface area contributed by atoms with Crippen molar-refractivity contribution in [2.75, 3.05) is 0 Å². The molecule has 0 radical (unpaired) electrons. The number of benzene rings is 2. The van der Waals surface area contributed by atoms with Crippen LogP contribution in [-0.2, 0) is 0 Å². The Kier molecular flexibility index (Phi) is 4.09. The smallest absolute Gasteiger partial charge is 0.343 e. The Labute approximate surface area is 118 Å². The standard InChI is InChI=1S/C14H9IO3/c15-12-3-1-2-11(8-12)14(17)18-13-6-4-10(9-16)5-7-13/h1-9H. The molecule has 0 N–H and O–H groups in total. The van der Waals surface area contributed by atoms with E-state index < -0.39 is 5.97 Å². The van der Waals surface area contributed by atoms with Gasteiger partial charge in [0.25, 0.3) is 0 Å². The number of halogens is 1. The number of hydrogen-bond acceptors (Lipinski definition) is 3. The van der Waals surface area contributed by atoms with Gasteiger partial charge in [0.1, 0.15) is 12.0 Å². The van der Waals surface area contributed by atoms with Gasteiger partial charge in [0.15, 0.2) is 0 Å². The molecule has 0 aliphatic rings. The van der Waals surface area contributed by atoms with Crippen LogP contribution in [0.2, 0.25) is 0 Å². The summed E-state index contributed by atoms with van der Waals surface area (Å²) in [6.07, 6.45) is 0.741. The summed E-state index contributed by atoms with van der Waals surface area (Å²) in [5.74, 6) is 0.0110. The van der Waals surface area contributed by atoms with Crippen molar-refractivity contribution >= 4 is 34.8 Å². The molecule has 4 heteroatoms. The minimum atomic E-state index is -0.410. The lowest BCUT2D eigenvalue weighted by atomic mass is 10.2. The van der Waals surface area contributed by atoms with Gasteiger partial charge in [0.2, 0.25) is 0 Å². The van der Waals surface area contributed by atoms with E-state index in [1.165, 1.54) is 0 Å². The van der Waals surface area contributed by atoms with Crippen molar-refractivity contribution < 1.29 is 14.3 Å². The quantitative estimate of drug-likeness (QED) is 0.368. The first-order valence-corrected chi connectivity index (χ1v) is 6.30. The van der Waals surface area contributed by atoms with E-state index in [0.717, 1.165) is 9.86 Å². The maximum Gasteiger partial charge on any atom is 0.343 e. The van der Waals surface area contributed by atoms with Crippen LogP contribution in [0, 0.1) is 3.57 Å². The Bertz CT molecular complexity index is 576. The predicted octanol–water partition coefficient (Wildman–Crippen LogP) is 3.32. The van der Waals surface area contributed by atoms with Crippen LogP contribution in [0.1, 0.15) is 20.7 Å². The number of rotatable bonds is 3. The van der Waals surface area contributed by atoms with Crippen molar-refractivity contribution in [2.24, 2.45) is 0 Å². The van der Waals surface area contributed by atoms with Gasteiger partial charge in [0.05, 0.1) is 5.56 Å². The van der Waals surface area contributed by atoms with E-state index in [2.05, 4.69) is 22.6 Å². The minimum absolute atomic E-state index is 0.410. The van der Waals surface area contributed by atoms with E-state index in [1.54, 1.807) is 42.5 Å². The van der Waals surface area contributed by atoms with Gasteiger partial charge in [-0.1, -0.05) is 6.07 Å². The van der Waals surface area contributed by atoms with Gasteiger partial charge in [-0.05, 0) is 65.1 Å². The molecular formula is C14H9IO3. The van der Waals surface area contributed by atoms with Crippen LogP contribution in [0.15, 0.2) is 48.5 Å². The summed E-state index contributed by atoms with van der Waals surface area (Å²) in [6, 6.07) is 13.5. The zero-order chi connectivity index (χ0) is 13.0. The highest BCUT2D eigenvalue weighted by Gasteiger charge is 2.08. The fraction of sp³-hybridized carbons (Fsp3) is 0. The topological polar surface area (TPSA) is 43.4 Å². The number of esters is 1. The maximum absolute atomic E-state index is 11.8. The number of carbonyl (C=O) groups is 2. The van der Waals surface area contributed by atoms with E-state index in [4.69, 9.17) is 4.74 Å². The molecule has 0 amide bonds. The third-order valence-electron chi connectivity index (χ3n) is 2.29. The lowest BCUT2D eigenvalue weighted by Gasteiger charge is -2.04. The predicted molar refractivity (Wildman–Crippen MR) is 75.9 cm³/mol. The number of ether oxygens (including phenoxy) is 1. The van der Waals surface area contributed by atoms with Crippen molar-refractivity contribution in [3.8, 4) is 5.75 Å². The molecule has 0 aliphatic carbocycles. The second-order valence-electron chi connectivity index (χ2n) is 3.59. The Morgan fingerprint density at radius 2 is 1.83 bits per heavy atom. The first-order chi connectivity index (χ1) is 8.69. The van der Waals surface area contributed by atoms with Gasteiger partial charge < -0.3 is 4.74 Å². The van der Waals surface area contributed by atoms with Crippen LogP contribution < -0.4 is 4.74 Å². The van der Waals surface area contributed by atoms with Crippen molar-refractivity contribution in [1.29, 1.82) is 0 Å². The lowest BCUT2D eigenvalue weighted by molar-refractivity contribution is 0.0734. The third-order valence-corrected chi connectivity index (χ3v) is 2.96. The third kappa shape index (κ3) is 3.16. The summed E-state index contributed by atoms with van der Waals surface area (Å²) in [6.45, 7) is 0. The molecule has 0 atom stereocenters. The van der Waals surface area contributed by atoms with Crippen molar-refractivity contribution in [3.05, 3.63) is 63.2 Å². The van der Waals surface area contributed by atoms with E-state index in [0.29, 0.717) is 16.9 Å². The molecule has 90 valence electrons. The normalized spacial score (nSPS) is 9.83. The zero-order valence-corrected chi connectivity index (χ0v) is 11.5. The van der Waals surface area contributed by atoms with Crippen LogP contribution in [0.3, 0.4) is 0 Å². The van der Waals surface area contributed by atoms with Crippen molar-refractivity contribution in [3.63, 3.8) is 0 Å². The van der Waals surface area contributed by atoms with E-state index in [1.807, 2.05) is 6.07 Å². The van der Waals surface area contributed by atoms with Crippen LogP contribution in [-0.4, -0.2) is 12.3 Å². The average Bonchev–Trinajstić information content (AvgIpc) is 2.39. The monoisotopic (exact) mass is 352 g/mol. The van der Waals surface area contributed by atoms with Crippen LogP contribution >= 0.6 is 22.6 Å². The van der Waals surface area contributed by atoms with Crippen LogP contribution in [0.5, 0.6) is 5.75 Å². The second kappa shape index (κ2) is 5.77. The molecule has 0 heterocycles. The fourth-order valence-electron chi connectivity index (χ4n) is 1.40. The molecule has 0 bridgehead atoms. The molecular weight excluding hydrogens is 343 g/mol. The Hall–Kier alpha value is -1.69. The van der Waals surface area contributed by atoms with Gasteiger partial charge in [-0.3, -0.25) is 4.79 Å². The van der Waals surface area contributed by atoms with Crippen molar-refractivity contribution in [2.45, 2.75) is 0 Å². The molecule has 0 aromatic heterocycles. The highest BCUT2D eigenvalue weighted by molar-refractivity contribution is 14.1. The van der Waals surface area contributed by atoms with Gasteiger partial charge in [-0.15, -0.1) is 0 Å². The summed E-state index contributed by atoms with van der Waals surface area (Å²) >= 11 is 2.13. The molecule has 2 aromatic carbocycles. The Morgan fingerprint density at radius 3 is 2.44 bits per heavy atom. The minimum Gasteiger partial charge on any atom is -0.423 e. The summed E-state index contributed by atoms with van der Waals surface area (Å²) in [5, 5.41) is 0. The second-order valence-corrected chi connectivity index (χ2v) is 4.83. The van der Waals surface area contributed by atoms with Crippen LogP contribution in [0.4, 0.5) is 0 Å². The molecule has 0 fully saturated rings. The van der Waals surface area contributed by atoms with E-state index in [9.17, 15) is 9.59 Å². The molecule has 3 nitrogen and oxygen atoms in total. The highest BCUT2D eigenvalue weighted by atomic mass is 127. The summed E-state index contributed by atoms with van der Waals surface area (Å²) in [5.41, 5.74) is 1.05. The SMILES string of the molecule is O=Cc1ccc(OC(=O)c2cccc(I)c2)cc1. The molecule has 2 rings (SSSR count). The van der Waals surface area contributed by atoms with E-state index >= 15 is 0 Å². The van der Waals surface area contributed by atoms with Gasteiger partial charge in [-0.25, -0.2) is 4.79 Å². The molecule has 2 aromatic rings. The fourth-order valence-corrected chi connectivity index (χ4v) is 1.94. The Morgan fingerprint density at radius 1 is 1.11 bits per heavy atom. The number of hydrogen-bond donors (Lipinski definition) is 0. The van der Waals surface area contributed by atoms with Crippen molar-refractivity contribution in [1.82, 2.24) is 0 Å². The summed E-state index contributed by atoms with van der Waals surface area (Å²) in [4.78, 5) is 22.3. The molecule has 0 unspecified atom stereocenters. The first kappa shape index (κ1) is 12.8. The first-order valence-electron chi connectivity index (χ1n) is 5.22. The van der Waals surface area contributed by atoms with Gasteiger partial charge in [-0.2, -0.15) is 0 Å². The summed E-state index contributed by atoms with van der Waals surface area (Å²) in [7, 11) is 0. The number of carbonyl (C=O) groups excluding carboxylic acids is 2. The molecule has 0 spiro atoms. The highest BCUT2D eigenvalue weighted by Crippen LogP contribution is 2.14. The molecule has 18 heavy (non-hydrogen) atoms.